The van der Waals surface area contributed by atoms with Crippen LogP contribution in [0.15, 0.2) is 4.79 Å². The minimum Gasteiger partial charge on any atom is -0.394 e. The summed E-state index contributed by atoms with van der Waals surface area (Å²) in [7, 11) is 0. The summed E-state index contributed by atoms with van der Waals surface area (Å²) in [5.74, 6) is 0. The van der Waals surface area contributed by atoms with Crippen LogP contribution in [0.5, 0.6) is 0 Å². The van der Waals surface area contributed by atoms with E-state index < -0.39 is 5.69 Å². The first-order valence-corrected chi connectivity index (χ1v) is 3.41. The third kappa shape index (κ3) is 1.45. The molecular weight excluding hydrogens is 148 g/mol. The molecule has 0 saturated heterocycles. The lowest BCUT2D eigenvalue weighted by molar-refractivity contribution is 0.250. The second-order valence-corrected chi connectivity index (χ2v) is 2.01. The highest BCUT2D eigenvalue weighted by atomic mass is 16.3. The van der Waals surface area contributed by atoms with Gasteiger partial charge in [0.05, 0.1) is 19.7 Å². The van der Waals surface area contributed by atoms with E-state index in [0.717, 1.165) is 0 Å². The molecule has 0 fully saturated rings. The zero-order valence-corrected chi connectivity index (χ0v) is 6.27. The molecule has 0 unspecified atom stereocenters. The summed E-state index contributed by atoms with van der Waals surface area (Å²) in [5, 5.41) is 15.4. The molecule has 0 spiro atoms. The highest BCUT2D eigenvalue weighted by Crippen LogP contribution is 1.78. The maximum absolute atomic E-state index is 10.8. The normalized spacial score (nSPS) is 10.4. The van der Waals surface area contributed by atoms with Crippen LogP contribution in [-0.4, -0.2) is 31.5 Å². The van der Waals surface area contributed by atoms with Crippen LogP contribution in [0.25, 0.3) is 0 Å². The average Bonchev–Trinajstić information content (AvgIpc) is 2.34. The molecule has 1 rings (SSSR count). The highest BCUT2D eigenvalue weighted by Gasteiger charge is 2.02. The largest absolute Gasteiger partial charge is 0.394 e. The van der Waals surface area contributed by atoms with E-state index in [1.54, 1.807) is 0 Å². The van der Waals surface area contributed by atoms with E-state index in [1.807, 2.05) is 6.92 Å². The molecule has 0 aliphatic heterocycles. The minimum absolute atomic E-state index is 0.0761. The summed E-state index contributed by atoms with van der Waals surface area (Å²) in [6.45, 7) is 2.60. The molecule has 0 bridgehead atoms. The number of hydrogen-bond donors (Lipinski definition) is 1. The Morgan fingerprint density at radius 1 is 1.64 bits per heavy atom. The Bertz CT molecular complexity index is 276. The molecule has 1 N–H and O–H groups in total. The second-order valence-electron chi connectivity index (χ2n) is 2.01. The first kappa shape index (κ1) is 7.93. The van der Waals surface area contributed by atoms with E-state index in [4.69, 9.17) is 5.11 Å². The van der Waals surface area contributed by atoms with Gasteiger partial charge in [0.15, 0.2) is 0 Å². The van der Waals surface area contributed by atoms with Gasteiger partial charge in [-0.1, -0.05) is 5.10 Å². The predicted octanol–water partition coefficient (Wildman–Crippen LogP) is -1.55. The van der Waals surface area contributed by atoms with E-state index in [-0.39, 0.29) is 13.2 Å². The van der Waals surface area contributed by atoms with Crippen molar-refractivity contribution in [2.24, 2.45) is 0 Å². The third-order valence-electron chi connectivity index (χ3n) is 1.33. The van der Waals surface area contributed by atoms with Crippen molar-refractivity contribution in [1.29, 1.82) is 0 Å². The summed E-state index contributed by atoms with van der Waals surface area (Å²) >= 11 is 0. The topological polar surface area (TPSA) is 72.9 Å². The predicted molar refractivity (Wildman–Crippen MR) is 37.0 cm³/mol. The Morgan fingerprint density at radius 3 is 2.91 bits per heavy atom. The zero-order chi connectivity index (χ0) is 8.27. The van der Waals surface area contributed by atoms with E-state index in [0.29, 0.717) is 6.54 Å². The smallest absolute Gasteiger partial charge is 0.383 e. The van der Waals surface area contributed by atoms with E-state index >= 15 is 0 Å². The van der Waals surface area contributed by atoms with Gasteiger partial charge in [-0.25, -0.2) is 9.48 Å². The van der Waals surface area contributed by atoms with E-state index in [9.17, 15) is 4.79 Å². The molecule has 0 aliphatic rings. The first-order chi connectivity index (χ1) is 5.29. The Hall–Kier alpha value is -1.17. The molecule has 62 valence electrons. The van der Waals surface area contributed by atoms with Crippen molar-refractivity contribution in [1.82, 2.24) is 19.8 Å². The molecule has 0 atom stereocenters. The number of tetrazole rings is 1. The van der Waals surface area contributed by atoms with Crippen LogP contribution in [0, 0.1) is 0 Å². The van der Waals surface area contributed by atoms with E-state index in [2.05, 4.69) is 10.3 Å². The number of rotatable bonds is 3. The Balaban J connectivity index is 2.97. The second kappa shape index (κ2) is 3.29. The summed E-state index contributed by atoms with van der Waals surface area (Å²) in [6.07, 6.45) is 0. The van der Waals surface area contributed by atoms with Gasteiger partial charge < -0.3 is 5.11 Å². The lowest BCUT2D eigenvalue weighted by Crippen LogP contribution is -2.25. The van der Waals surface area contributed by atoms with Crippen LogP contribution < -0.4 is 5.69 Å². The number of nitrogens with zero attached hydrogens (tertiary/aromatic N) is 4. The Morgan fingerprint density at radius 2 is 2.36 bits per heavy atom. The van der Waals surface area contributed by atoms with Gasteiger partial charge in [0.2, 0.25) is 0 Å². The summed E-state index contributed by atoms with van der Waals surface area (Å²) in [4.78, 5) is 12.3. The fraction of sp³-hybridized carbons (Fsp3) is 0.800. The molecule has 0 radical (unpaired) electrons. The molecule has 0 saturated carbocycles. The van der Waals surface area contributed by atoms with Crippen molar-refractivity contribution in [3.05, 3.63) is 10.5 Å². The van der Waals surface area contributed by atoms with Crippen LogP contribution in [0.3, 0.4) is 0 Å². The molecule has 0 aromatic carbocycles. The van der Waals surface area contributed by atoms with Crippen LogP contribution in [-0.2, 0) is 13.1 Å². The molecule has 1 aromatic rings. The molecule has 6 nitrogen and oxygen atoms in total. The van der Waals surface area contributed by atoms with Gasteiger partial charge in [-0.3, -0.25) is 0 Å². The van der Waals surface area contributed by atoms with Crippen molar-refractivity contribution >= 4 is 0 Å². The van der Waals surface area contributed by atoms with Gasteiger partial charge in [0.1, 0.15) is 0 Å². The lowest BCUT2D eigenvalue weighted by atomic mass is 10.7. The van der Waals surface area contributed by atoms with Gasteiger partial charge in [0, 0.05) is 0 Å². The third-order valence-corrected chi connectivity index (χ3v) is 1.33. The maximum atomic E-state index is 10.8. The Labute approximate surface area is 63.0 Å². The number of aliphatic hydroxyl groups excluding tert-OH is 1. The van der Waals surface area contributed by atoms with Crippen molar-refractivity contribution in [2.45, 2.75) is 20.0 Å². The summed E-state index contributed by atoms with van der Waals surface area (Å²) in [6, 6.07) is 0. The number of hydrogen-bond acceptors (Lipinski definition) is 4. The molecule has 1 heterocycles. The molecule has 0 aliphatic carbocycles. The quantitative estimate of drug-likeness (QED) is 0.578. The number of aromatic nitrogens is 4. The van der Waals surface area contributed by atoms with Crippen molar-refractivity contribution in [3.8, 4) is 0 Å². The zero-order valence-electron chi connectivity index (χ0n) is 6.27. The van der Waals surface area contributed by atoms with Crippen LogP contribution in [0.4, 0.5) is 0 Å². The average molecular weight is 158 g/mol. The van der Waals surface area contributed by atoms with Crippen molar-refractivity contribution < 1.29 is 5.11 Å². The molecule has 1 aromatic heterocycles. The van der Waals surface area contributed by atoms with Gasteiger partial charge in [-0.2, -0.15) is 4.80 Å². The van der Waals surface area contributed by atoms with Crippen LogP contribution >= 0.6 is 0 Å². The number of aliphatic hydroxyl groups is 1. The molecule has 11 heavy (non-hydrogen) atoms. The monoisotopic (exact) mass is 158 g/mol. The highest BCUT2D eigenvalue weighted by molar-refractivity contribution is 4.54. The van der Waals surface area contributed by atoms with Crippen molar-refractivity contribution in [2.75, 3.05) is 6.61 Å². The summed E-state index contributed by atoms with van der Waals surface area (Å²) in [5.41, 5.74) is -0.416. The maximum Gasteiger partial charge on any atom is 0.383 e. The van der Waals surface area contributed by atoms with Crippen LogP contribution in [0.1, 0.15) is 6.92 Å². The van der Waals surface area contributed by atoms with Gasteiger partial charge in [-0.05, 0) is 12.1 Å². The number of aryl methyl sites for hydroxylation is 1. The fourth-order valence-electron chi connectivity index (χ4n) is 0.828. The fourth-order valence-corrected chi connectivity index (χ4v) is 0.828. The lowest BCUT2D eigenvalue weighted by Gasteiger charge is -2.02. The Kier molecular flexibility index (Phi) is 2.37. The minimum atomic E-state index is -0.416. The standard InChI is InChI=1S/C5H10N4O2/c1-2-9-7-6-5(11)8(9)3-4-10/h10H,2-4H2,1H3. The van der Waals surface area contributed by atoms with Gasteiger partial charge in [-0.15, -0.1) is 0 Å². The van der Waals surface area contributed by atoms with Crippen LogP contribution in [0.2, 0.25) is 0 Å². The van der Waals surface area contributed by atoms with E-state index in [1.165, 1.54) is 9.48 Å². The van der Waals surface area contributed by atoms with Gasteiger partial charge in [0.25, 0.3) is 0 Å². The molecule has 6 heteroatoms. The first-order valence-electron chi connectivity index (χ1n) is 3.41. The summed E-state index contributed by atoms with van der Waals surface area (Å²) < 4.78 is 1.29. The van der Waals surface area contributed by atoms with Crippen molar-refractivity contribution in [3.63, 3.8) is 0 Å². The molecular formula is C5H10N4O2. The molecule has 0 amide bonds. The van der Waals surface area contributed by atoms with Gasteiger partial charge >= 0.3 is 5.69 Å². The SMILES string of the molecule is CCn1nnc(=O)n1CCO.